The molecule has 2 aromatic carbocycles. The lowest BCUT2D eigenvalue weighted by Gasteiger charge is -2.31. The molecule has 0 spiro atoms. The Morgan fingerprint density at radius 1 is 1.22 bits per heavy atom. The van der Waals surface area contributed by atoms with E-state index < -0.39 is 21.8 Å². The molecule has 0 radical (unpaired) electrons. The van der Waals surface area contributed by atoms with E-state index in [2.05, 4.69) is 5.32 Å². The van der Waals surface area contributed by atoms with E-state index in [1.807, 2.05) is 13.0 Å². The second-order valence-corrected chi connectivity index (χ2v) is 8.95. The molecule has 0 bridgehead atoms. The van der Waals surface area contributed by atoms with Gasteiger partial charge in [0.2, 0.25) is 15.9 Å². The Morgan fingerprint density at radius 2 is 1.93 bits per heavy atom. The summed E-state index contributed by atoms with van der Waals surface area (Å²) < 4.78 is 39.9. The molecule has 1 aliphatic heterocycles. The number of piperidine rings is 1. The van der Waals surface area contributed by atoms with Crippen LogP contribution in [0.1, 0.15) is 18.4 Å². The zero-order chi connectivity index (χ0) is 19.6. The number of carbonyl (C=O) groups excluding carboxylic acids is 1. The summed E-state index contributed by atoms with van der Waals surface area (Å²) in [6, 6.07) is 9.94. The fraction of sp³-hybridized carbons (Fsp3) is 0.316. The molecule has 8 heteroatoms. The molecular weight excluding hydrogens is 391 g/mol. The lowest BCUT2D eigenvalue weighted by molar-refractivity contribution is -0.120. The number of rotatable bonds is 4. The molecule has 1 N–H and O–H groups in total. The van der Waals surface area contributed by atoms with Gasteiger partial charge in [0.25, 0.3) is 0 Å². The van der Waals surface area contributed by atoms with Crippen LogP contribution in [0.2, 0.25) is 5.02 Å². The fourth-order valence-corrected chi connectivity index (χ4v) is 4.75. The number of anilines is 1. The average molecular weight is 411 g/mol. The molecule has 0 aliphatic carbocycles. The lowest BCUT2D eigenvalue weighted by atomic mass is 9.98. The van der Waals surface area contributed by atoms with E-state index in [0.717, 1.165) is 17.7 Å². The Labute approximate surface area is 163 Å². The molecular formula is C19H20ClFN2O3S. The molecule has 3 rings (SSSR count). The number of amides is 1. The first-order chi connectivity index (χ1) is 12.8. The van der Waals surface area contributed by atoms with Crippen molar-refractivity contribution in [2.75, 3.05) is 18.4 Å². The van der Waals surface area contributed by atoms with Crippen LogP contribution < -0.4 is 5.32 Å². The normalized spacial score (nSPS) is 18.3. The van der Waals surface area contributed by atoms with Crippen molar-refractivity contribution in [1.82, 2.24) is 4.31 Å². The number of sulfonamides is 1. The van der Waals surface area contributed by atoms with Crippen LogP contribution in [-0.2, 0) is 14.8 Å². The molecule has 1 fully saturated rings. The van der Waals surface area contributed by atoms with Gasteiger partial charge in [-0.1, -0.05) is 17.7 Å². The highest BCUT2D eigenvalue weighted by Crippen LogP contribution is 2.26. The highest BCUT2D eigenvalue weighted by atomic mass is 35.5. The molecule has 1 aliphatic rings. The van der Waals surface area contributed by atoms with E-state index in [0.29, 0.717) is 30.1 Å². The van der Waals surface area contributed by atoms with E-state index >= 15 is 0 Å². The number of hydrogen-bond donors (Lipinski definition) is 1. The van der Waals surface area contributed by atoms with E-state index in [4.69, 9.17) is 11.6 Å². The Kier molecular flexibility index (Phi) is 5.83. The first kappa shape index (κ1) is 19.8. The number of nitrogens with one attached hydrogen (secondary N) is 1. The Morgan fingerprint density at radius 3 is 2.59 bits per heavy atom. The maximum Gasteiger partial charge on any atom is 0.243 e. The average Bonchev–Trinajstić information content (AvgIpc) is 2.65. The molecule has 5 nitrogen and oxygen atoms in total. The molecule has 1 heterocycles. The van der Waals surface area contributed by atoms with Crippen LogP contribution in [0.3, 0.4) is 0 Å². The van der Waals surface area contributed by atoms with Gasteiger partial charge in [0, 0.05) is 23.8 Å². The molecule has 1 saturated heterocycles. The third-order valence-electron chi connectivity index (χ3n) is 4.65. The summed E-state index contributed by atoms with van der Waals surface area (Å²) in [6.07, 6.45) is 1.17. The largest absolute Gasteiger partial charge is 0.326 e. The third-order valence-corrected chi connectivity index (χ3v) is 6.93. The monoisotopic (exact) mass is 410 g/mol. The second-order valence-electron chi connectivity index (χ2n) is 6.61. The highest BCUT2D eigenvalue weighted by Gasteiger charge is 2.33. The van der Waals surface area contributed by atoms with Crippen LogP contribution >= 0.6 is 11.6 Å². The summed E-state index contributed by atoms with van der Waals surface area (Å²) in [6.45, 7) is 2.29. The van der Waals surface area contributed by atoms with Crippen molar-refractivity contribution >= 4 is 33.2 Å². The minimum Gasteiger partial charge on any atom is -0.326 e. The standard InChI is InChI=1S/C19H20ClFN2O3S/c1-13-4-7-16(11-18(13)20)22-19(24)14-3-2-10-23(12-14)27(25,26)17-8-5-15(21)6-9-17/h4-9,11,14H,2-3,10,12H2,1H3,(H,22,24)/t14-/m0/s1. The molecule has 1 atom stereocenters. The molecule has 2 aromatic rings. The van der Waals surface area contributed by atoms with Gasteiger partial charge in [-0.2, -0.15) is 4.31 Å². The van der Waals surface area contributed by atoms with Gasteiger partial charge >= 0.3 is 0 Å². The first-order valence-corrected chi connectivity index (χ1v) is 10.4. The molecule has 0 saturated carbocycles. The molecule has 1 amide bonds. The van der Waals surface area contributed by atoms with Crippen molar-refractivity contribution in [3.05, 3.63) is 58.9 Å². The maximum atomic E-state index is 13.1. The summed E-state index contributed by atoms with van der Waals surface area (Å²) in [5.74, 6) is -1.20. The van der Waals surface area contributed by atoms with Crippen molar-refractivity contribution < 1.29 is 17.6 Å². The predicted molar refractivity (Wildman–Crippen MR) is 103 cm³/mol. The zero-order valence-electron chi connectivity index (χ0n) is 14.8. The summed E-state index contributed by atoms with van der Waals surface area (Å²) in [7, 11) is -3.76. The molecule has 27 heavy (non-hydrogen) atoms. The highest BCUT2D eigenvalue weighted by molar-refractivity contribution is 7.89. The molecule has 0 unspecified atom stereocenters. The van der Waals surface area contributed by atoms with Gasteiger partial charge in [-0.15, -0.1) is 0 Å². The summed E-state index contributed by atoms with van der Waals surface area (Å²) in [5.41, 5.74) is 1.48. The number of nitrogens with zero attached hydrogens (tertiary/aromatic N) is 1. The van der Waals surface area contributed by atoms with Crippen LogP contribution in [0.25, 0.3) is 0 Å². The van der Waals surface area contributed by atoms with Crippen molar-refractivity contribution in [3.8, 4) is 0 Å². The Balaban J connectivity index is 1.72. The fourth-order valence-electron chi connectivity index (χ4n) is 3.05. The Hall–Kier alpha value is -1.96. The van der Waals surface area contributed by atoms with Crippen LogP contribution in [-0.4, -0.2) is 31.7 Å². The smallest absolute Gasteiger partial charge is 0.243 e. The van der Waals surface area contributed by atoms with E-state index in [9.17, 15) is 17.6 Å². The number of hydrogen-bond acceptors (Lipinski definition) is 3. The van der Waals surface area contributed by atoms with Crippen LogP contribution in [0, 0.1) is 18.7 Å². The van der Waals surface area contributed by atoms with Crippen molar-refractivity contribution in [2.24, 2.45) is 5.92 Å². The van der Waals surface area contributed by atoms with Gasteiger partial charge < -0.3 is 5.32 Å². The van der Waals surface area contributed by atoms with Crippen LogP contribution in [0.15, 0.2) is 47.4 Å². The topological polar surface area (TPSA) is 66.5 Å². The summed E-state index contributed by atoms with van der Waals surface area (Å²) in [5, 5.41) is 3.36. The van der Waals surface area contributed by atoms with E-state index in [1.165, 1.54) is 16.4 Å². The van der Waals surface area contributed by atoms with Crippen LogP contribution in [0.5, 0.6) is 0 Å². The Bertz CT molecular complexity index is 948. The third kappa shape index (κ3) is 4.48. The molecule has 144 valence electrons. The van der Waals surface area contributed by atoms with E-state index in [1.54, 1.807) is 12.1 Å². The SMILES string of the molecule is Cc1ccc(NC(=O)[C@H]2CCCN(S(=O)(=O)c3ccc(F)cc3)C2)cc1Cl. The van der Waals surface area contributed by atoms with Gasteiger partial charge in [-0.3, -0.25) is 4.79 Å². The van der Waals surface area contributed by atoms with Crippen molar-refractivity contribution in [1.29, 1.82) is 0 Å². The molecule has 0 aromatic heterocycles. The van der Waals surface area contributed by atoms with Crippen molar-refractivity contribution in [3.63, 3.8) is 0 Å². The minimum atomic E-state index is -3.76. The van der Waals surface area contributed by atoms with Crippen molar-refractivity contribution in [2.45, 2.75) is 24.7 Å². The second kappa shape index (κ2) is 7.96. The van der Waals surface area contributed by atoms with Gasteiger partial charge in [0.05, 0.1) is 10.8 Å². The maximum absolute atomic E-state index is 13.1. The number of benzene rings is 2. The number of aryl methyl sites for hydroxylation is 1. The first-order valence-electron chi connectivity index (χ1n) is 8.60. The predicted octanol–water partition coefficient (Wildman–Crippen LogP) is 3.83. The van der Waals surface area contributed by atoms with Gasteiger partial charge in [0.1, 0.15) is 5.82 Å². The van der Waals surface area contributed by atoms with Gasteiger partial charge in [0.15, 0.2) is 0 Å². The summed E-state index contributed by atoms with van der Waals surface area (Å²) in [4.78, 5) is 12.6. The summed E-state index contributed by atoms with van der Waals surface area (Å²) >= 11 is 6.08. The quantitative estimate of drug-likeness (QED) is 0.833. The number of carbonyl (C=O) groups is 1. The zero-order valence-corrected chi connectivity index (χ0v) is 16.4. The van der Waals surface area contributed by atoms with E-state index in [-0.39, 0.29) is 17.3 Å². The van der Waals surface area contributed by atoms with Crippen LogP contribution in [0.4, 0.5) is 10.1 Å². The number of halogens is 2. The van der Waals surface area contributed by atoms with Gasteiger partial charge in [-0.25, -0.2) is 12.8 Å². The minimum absolute atomic E-state index is 0.0234. The van der Waals surface area contributed by atoms with Gasteiger partial charge in [-0.05, 0) is 61.7 Å². The lowest BCUT2D eigenvalue weighted by Crippen LogP contribution is -2.43.